The molecule has 2 aromatic rings. The van der Waals surface area contributed by atoms with Crippen molar-refractivity contribution < 1.29 is 9.84 Å². The van der Waals surface area contributed by atoms with Crippen LogP contribution in [0.15, 0.2) is 28.7 Å². The van der Waals surface area contributed by atoms with Gasteiger partial charge < -0.3 is 15.2 Å². The van der Waals surface area contributed by atoms with Crippen LogP contribution in [0.4, 0.5) is 5.69 Å². The number of hydrogen-bond acceptors (Lipinski definition) is 4. The van der Waals surface area contributed by atoms with Gasteiger partial charge in [-0.1, -0.05) is 0 Å². The maximum atomic E-state index is 9.78. The van der Waals surface area contributed by atoms with Gasteiger partial charge in [-0.05, 0) is 59.6 Å². The van der Waals surface area contributed by atoms with Crippen molar-refractivity contribution in [3.8, 4) is 11.5 Å². The molecule has 1 aromatic heterocycles. The van der Waals surface area contributed by atoms with E-state index < -0.39 is 0 Å². The third-order valence-corrected chi connectivity index (χ3v) is 3.62. The molecule has 2 N–H and O–H groups in total. The molecule has 0 fully saturated rings. The molecule has 106 valence electrons. The van der Waals surface area contributed by atoms with E-state index in [4.69, 9.17) is 4.74 Å². The summed E-state index contributed by atoms with van der Waals surface area (Å²) in [5.41, 5.74) is 3.97. The summed E-state index contributed by atoms with van der Waals surface area (Å²) in [6.07, 6.45) is 0. The zero-order chi connectivity index (χ0) is 14.7. The van der Waals surface area contributed by atoms with Crippen LogP contribution in [0.5, 0.6) is 11.5 Å². The number of phenols is 1. The fraction of sp³-hybridized carbons (Fsp3) is 0.267. The molecule has 0 radical (unpaired) electrons. The third-order valence-electron chi connectivity index (χ3n) is 3.02. The van der Waals surface area contributed by atoms with Gasteiger partial charge in [-0.2, -0.15) is 0 Å². The number of aromatic hydroxyl groups is 1. The minimum Gasteiger partial charge on any atom is -0.503 e. The molecule has 0 aliphatic rings. The predicted octanol–water partition coefficient (Wildman–Crippen LogP) is 3.79. The number of nitrogens with zero attached hydrogens (tertiary/aromatic N) is 1. The van der Waals surface area contributed by atoms with Gasteiger partial charge in [0.2, 0.25) is 0 Å². The van der Waals surface area contributed by atoms with E-state index in [1.165, 1.54) is 7.11 Å². The number of hydrogen-bond donors (Lipinski definition) is 2. The van der Waals surface area contributed by atoms with Crippen LogP contribution in [0.2, 0.25) is 0 Å². The van der Waals surface area contributed by atoms with Gasteiger partial charge in [0.05, 0.1) is 23.0 Å². The summed E-state index contributed by atoms with van der Waals surface area (Å²) in [4.78, 5) is 4.41. The van der Waals surface area contributed by atoms with Crippen LogP contribution < -0.4 is 10.1 Å². The van der Waals surface area contributed by atoms with Crippen molar-refractivity contribution in [1.29, 1.82) is 0 Å². The summed E-state index contributed by atoms with van der Waals surface area (Å²) in [6, 6.07) is 7.67. The first-order chi connectivity index (χ1) is 9.51. The minimum atomic E-state index is 0.115. The van der Waals surface area contributed by atoms with Gasteiger partial charge in [0.25, 0.3) is 0 Å². The van der Waals surface area contributed by atoms with Gasteiger partial charge in [0.15, 0.2) is 11.5 Å². The Kier molecular flexibility index (Phi) is 4.49. The van der Waals surface area contributed by atoms with Crippen molar-refractivity contribution in [3.63, 3.8) is 0 Å². The Morgan fingerprint density at radius 1 is 1.30 bits per heavy atom. The van der Waals surface area contributed by atoms with Gasteiger partial charge in [-0.15, -0.1) is 0 Å². The van der Waals surface area contributed by atoms with E-state index >= 15 is 0 Å². The molecule has 0 aliphatic carbocycles. The van der Waals surface area contributed by atoms with Gasteiger partial charge in [-0.3, -0.25) is 4.98 Å². The highest BCUT2D eigenvalue weighted by atomic mass is 79.9. The highest BCUT2D eigenvalue weighted by Crippen LogP contribution is 2.35. The molecule has 0 unspecified atom stereocenters. The van der Waals surface area contributed by atoms with Crippen LogP contribution in [-0.4, -0.2) is 17.2 Å². The molecule has 0 bridgehead atoms. The standard InChI is InChI=1S/C15H17BrN2O2/c1-9-4-5-13(10(2)18-9)17-8-11-6-12(16)15(19)14(7-11)20-3/h4-7,17,19H,8H2,1-3H3. The molecular weight excluding hydrogens is 320 g/mol. The van der Waals surface area contributed by atoms with E-state index in [1.54, 1.807) is 0 Å². The van der Waals surface area contributed by atoms with Crippen LogP contribution in [-0.2, 0) is 6.54 Å². The molecule has 1 aromatic carbocycles. The highest BCUT2D eigenvalue weighted by Gasteiger charge is 2.09. The number of nitrogens with one attached hydrogen (secondary N) is 1. The zero-order valence-electron chi connectivity index (χ0n) is 11.7. The van der Waals surface area contributed by atoms with Crippen LogP contribution in [0.3, 0.4) is 0 Å². The number of benzene rings is 1. The lowest BCUT2D eigenvalue weighted by Gasteiger charge is -2.12. The Labute approximate surface area is 126 Å². The Bertz CT molecular complexity index is 630. The molecule has 5 heteroatoms. The molecule has 1 heterocycles. The number of pyridine rings is 1. The first-order valence-corrected chi connectivity index (χ1v) is 7.04. The third kappa shape index (κ3) is 3.22. The zero-order valence-corrected chi connectivity index (χ0v) is 13.3. The van der Waals surface area contributed by atoms with Crippen molar-refractivity contribution in [2.24, 2.45) is 0 Å². The number of ether oxygens (including phenoxy) is 1. The maximum absolute atomic E-state index is 9.78. The molecule has 0 aliphatic heterocycles. The Morgan fingerprint density at radius 3 is 2.70 bits per heavy atom. The first-order valence-electron chi connectivity index (χ1n) is 6.24. The fourth-order valence-electron chi connectivity index (χ4n) is 1.96. The van der Waals surface area contributed by atoms with Gasteiger partial charge in [0.1, 0.15) is 0 Å². The Morgan fingerprint density at radius 2 is 2.05 bits per heavy atom. The number of aromatic nitrogens is 1. The molecule has 0 spiro atoms. The van der Waals surface area contributed by atoms with Crippen molar-refractivity contribution in [1.82, 2.24) is 4.98 Å². The number of phenolic OH excluding ortho intramolecular Hbond substituents is 1. The number of aryl methyl sites for hydroxylation is 2. The van der Waals surface area contributed by atoms with Gasteiger partial charge >= 0.3 is 0 Å². The predicted molar refractivity (Wildman–Crippen MR) is 83.4 cm³/mol. The first kappa shape index (κ1) is 14.7. The monoisotopic (exact) mass is 336 g/mol. The summed E-state index contributed by atoms with van der Waals surface area (Å²) in [6.45, 7) is 4.57. The fourth-order valence-corrected chi connectivity index (χ4v) is 2.45. The van der Waals surface area contributed by atoms with E-state index in [1.807, 2.05) is 38.1 Å². The van der Waals surface area contributed by atoms with Crippen molar-refractivity contribution in [3.05, 3.63) is 45.7 Å². The van der Waals surface area contributed by atoms with Crippen LogP contribution in [0.1, 0.15) is 17.0 Å². The number of halogens is 1. The van der Waals surface area contributed by atoms with E-state index in [0.717, 1.165) is 22.6 Å². The molecule has 4 nitrogen and oxygen atoms in total. The van der Waals surface area contributed by atoms with E-state index in [0.29, 0.717) is 16.8 Å². The number of anilines is 1. The lowest BCUT2D eigenvalue weighted by Crippen LogP contribution is -2.03. The number of rotatable bonds is 4. The van der Waals surface area contributed by atoms with Gasteiger partial charge in [0, 0.05) is 12.2 Å². The summed E-state index contributed by atoms with van der Waals surface area (Å²) in [5.74, 6) is 0.569. The molecule has 20 heavy (non-hydrogen) atoms. The minimum absolute atomic E-state index is 0.115. The van der Waals surface area contributed by atoms with E-state index in [2.05, 4.69) is 26.2 Å². The molecule has 0 amide bonds. The van der Waals surface area contributed by atoms with Crippen LogP contribution in [0, 0.1) is 13.8 Å². The molecular formula is C15H17BrN2O2. The average molecular weight is 337 g/mol. The summed E-state index contributed by atoms with van der Waals surface area (Å²) >= 11 is 3.32. The smallest absolute Gasteiger partial charge is 0.172 e. The van der Waals surface area contributed by atoms with Crippen LogP contribution >= 0.6 is 15.9 Å². The lowest BCUT2D eigenvalue weighted by molar-refractivity contribution is 0.371. The molecule has 0 atom stereocenters. The normalized spacial score (nSPS) is 10.4. The maximum Gasteiger partial charge on any atom is 0.172 e. The highest BCUT2D eigenvalue weighted by molar-refractivity contribution is 9.10. The van der Waals surface area contributed by atoms with Gasteiger partial charge in [-0.25, -0.2) is 0 Å². The second-order valence-electron chi connectivity index (χ2n) is 4.57. The quantitative estimate of drug-likeness (QED) is 0.891. The molecule has 0 saturated heterocycles. The lowest BCUT2D eigenvalue weighted by atomic mass is 10.2. The molecule has 0 saturated carbocycles. The van der Waals surface area contributed by atoms with Crippen molar-refractivity contribution in [2.45, 2.75) is 20.4 Å². The molecule has 2 rings (SSSR count). The van der Waals surface area contributed by atoms with Crippen LogP contribution in [0.25, 0.3) is 0 Å². The van der Waals surface area contributed by atoms with Crippen molar-refractivity contribution in [2.75, 3.05) is 12.4 Å². The SMILES string of the molecule is COc1cc(CNc2ccc(C)nc2C)cc(Br)c1O. The largest absolute Gasteiger partial charge is 0.503 e. The Balaban J connectivity index is 2.16. The Hall–Kier alpha value is -1.75. The van der Waals surface area contributed by atoms with Crippen molar-refractivity contribution >= 4 is 21.6 Å². The second-order valence-corrected chi connectivity index (χ2v) is 5.42. The second kappa shape index (κ2) is 6.13. The van der Waals surface area contributed by atoms with E-state index in [9.17, 15) is 5.11 Å². The summed E-state index contributed by atoms with van der Waals surface area (Å²) in [5, 5.41) is 13.1. The summed E-state index contributed by atoms with van der Waals surface area (Å²) in [7, 11) is 1.53. The number of methoxy groups -OCH3 is 1. The van der Waals surface area contributed by atoms with E-state index in [-0.39, 0.29) is 5.75 Å². The average Bonchev–Trinajstić information content (AvgIpc) is 2.41. The summed E-state index contributed by atoms with van der Waals surface area (Å²) < 4.78 is 5.76. The topological polar surface area (TPSA) is 54.4 Å².